The van der Waals surface area contributed by atoms with Crippen molar-refractivity contribution in [3.63, 3.8) is 0 Å². The normalized spacial score (nSPS) is 18.5. The highest BCUT2D eigenvalue weighted by molar-refractivity contribution is 7.91. The monoisotopic (exact) mass is 376 g/mol. The van der Waals surface area contributed by atoms with Crippen LogP contribution in [0.4, 0.5) is 17.5 Å². The molecule has 0 saturated carbocycles. The molecule has 0 aliphatic carbocycles. The van der Waals surface area contributed by atoms with Gasteiger partial charge in [-0.1, -0.05) is 12.1 Å². The van der Waals surface area contributed by atoms with Crippen molar-refractivity contribution in [2.24, 2.45) is 0 Å². The van der Waals surface area contributed by atoms with E-state index in [1.807, 2.05) is 49.1 Å². The van der Waals surface area contributed by atoms with Crippen LogP contribution in [0.2, 0.25) is 0 Å². The van der Waals surface area contributed by atoms with E-state index >= 15 is 0 Å². The molecule has 8 heteroatoms. The Kier molecular flexibility index (Phi) is 5.31. The van der Waals surface area contributed by atoms with Gasteiger partial charge in [-0.25, -0.2) is 13.4 Å². The van der Waals surface area contributed by atoms with Gasteiger partial charge in [0.15, 0.2) is 9.84 Å². The Morgan fingerprint density at radius 2 is 2.08 bits per heavy atom. The number of hydrogen-bond acceptors (Lipinski definition) is 7. The van der Waals surface area contributed by atoms with Crippen LogP contribution in [0.15, 0.2) is 30.3 Å². The number of benzene rings is 1. The van der Waals surface area contributed by atoms with Crippen LogP contribution in [0.3, 0.4) is 0 Å². The predicted octanol–water partition coefficient (Wildman–Crippen LogP) is 2.55. The average Bonchev–Trinajstić information content (AvgIpc) is 2.95. The van der Waals surface area contributed by atoms with Gasteiger partial charge in [-0.3, -0.25) is 0 Å². The highest BCUT2D eigenvalue weighted by atomic mass is 32.2. The zero-order valence-corrected chi connectivity index (χ0v) is 16.1. The topological polar surface area (TPSA) is 84.4 Å². The summed E-state index contributed by atoms with van der Waals surface area (Å²) in [5.41, 5.74) is 1.62. The van der Waals surface area contributed by atoms with Crippen molar-refractivity contribution in [3.8, 4) is 5.75 Å². The number of para-hydroxylation sites is 2. The SMILES string of the molecule is CCN(c1nc(C)cc(Nc2ccccc2OC)n1)C1CCS(=O)(=O)C1. The molecule has 2 heterocycles. The third kappa shape index (κ3) is 4.07. The molecule has 1 unspecified atom stereocenters. The Labute approximate surface area is 154 Å². The Bertz CT molecular complexity index is 886. The summed E-state index contributed by atoms with van der Waals surface area (Å²) < 4.78 is 29.1. The minimum atomic E-state index is -2.97. The van der Waals surface area contributed by atoms with Gasteiger partial charge in [0.25, 0.3) is 0 Å². The zero-order chi connectivity index (χ0) is 18.7. The number of aromatic nitrogens is 2. The van der Waals surface area contributed by atoms with E-state index in [4.69, 9.17) is 4.74 Å². The maximum absolute atomic E-state index is 11.8. The second-order valence-corrected chi connectivity index (χ2v) is 8.59. The van der Waals surface area contributed by atoms with Gasteiger partial charge in [0.2, 0.25) is 5.95 Å². The van der Waals surface area contributed by atoms with Crippen LogP contribution in [0, 0.1) is 6.92 Å². The third-order valence-electron chi connectivity index (χ3n) is 4.46. The maximum Gasteiger partial charge on any atom is 0.227 e. The third-order valence-corrected chi connectivity index (χ3v) is 6.21. The number of methoxy groups -OCH3 is 1. The predicted molar refractivity (Wildman–Crippen MR) is 103 cm³/mol. The fourth-order valence-electron chi connectivity index (χ4n) is 3.22. The van der Waals surface area contributed by atoms with E-state index in [0.29, 0.717) is 24.7 Å². The number of nitrogens with zero attached hydrogens (tertiary/aromatic N) is 3. The molecule has 0 spiro atoms. The lowest BCUT2D eigenvalue weighted by Crippen LogP contribution is -2.37. The fraction of sp³-hybridized carbons (Fsp3) is 0.444. The lowest BCUT2D eigenvalue weighted by Gasteiger charge is -2.27. The van der Waals surface area contributed by atoms with Crippen LogP contribution in [-0.4, -0.2) is 49.6 Å². The van der Waals surface area contributed by atoms with Crippen molar-refractivity contribution in [3.05, 3.63) is 36.0 Å². The molecule has 1 aromatic carbocycles. The summed E-state index contributed by atoms with van der Waals surface area (Å²) in [6.07, 6.45) is 0.614. The van der Waals surface area contributed by atoms with E-state index in [9.17, 15) is 8.42 Å². The van der Waals surface area contributed by atoms with E-state index in [2.05, 4.69) is 15.3 Å². The lowest BCUT2D eigenvalue weighted by molar-refractivity contribution is 0.417. The smallest absolute Gasteiger partial charge is 0.227 e. The van der Waals surface area contributed by atoms with E-state index in [0.717, 1.165) is 17.1 Å². The summed E-state index contributed by atoms with van der Waals surface area (Å²) >= 11 is 0. The molecular weight excluding hydrogens is 352 g/mol. The van der Waals surface area contributed by atoms with E-state index in [1.165, 1.54) is 0 Å². The van der Waals surface area contributed by atoms with Crippen LogP contribution in [0.25, 0.3) is 0 Å². The summed E-state index contributed by atoms with van der Waals surface area (Å²) in [7, 11) is -1.34. The molecule has 0 bridgehead atoms. The second kappa shape index (κ2) is 7.49. The first-order chi connectivity index (χ1) is 12.4. The van der Waals surface area contributed by atoms with E-state index < -0.39 is 9.84 Å². The van der Waals surface area contributed by atoms with Gasteiger partial charge in [-0.05, 0) is 32.4 Å². The van der Waals surface area contributed by atoms with Crippen molar-refractivity contribution in [1.29, 1.82) is 0 Å². The molecule has 1 N–H and O–H groups in total. The minimum Gasteiger partial charge on any atom is -0.495 e. The van der Waals surface area contributed by atoms with Crippen molar-refractivity contribution in [2.45, 2.75) is 26.3 Å². The summed E-state index contributed by atoms with van der Waals surface area (Å²) in [5.74, 6) is 2.31. The van der Waals surface area contributed by atoms with Gasteiger partial charge in [0.1, 0.15) is 11.6 Å². The first kappa shape index (κ1) is 18.4. The summed E-state index contributed by atoms with van der Waals surface area (Å²) in [5, 5.41) is 3.27. The number of anilines is 3. The maximum atomic E-state index is 11.8. The van der Waals surface area contributed by atoms with Gasteiger partial charge in [0.05, 0.1) is 24.3 Å². The van der Waals surface area contributed by atoms with Crippen molar-refractivity contribution in [2.75, 3.05) is 35.4 Å². The van der Waals surface area contributed by atoms with Crippen molar-refractivity contribution in [1.82, 2.24) is 9.97 Å². The van der Waals surface area contributed by atoms with Crippen LogP contribution in [-0.2, 0) is 9.84 Å². The second-order valence-electron chi connectivity index (χ2n) is 6.36. The van der Waals surface area contributed by atoms with Gasteiger partial charge < -0.3 is 15.0 Å². The summed E-state index contributed by atoms with van der Waals surface area (Å²) in [6.45, 7) is 4.54. The molecule has 2 aromatic rings. The molecular formula is C18H24N4O3S. The number of aryl methyl sites for hydroxylation is 1. The Balaban J connectivity index is 1.89. The Morgan fingerprint density at radius 3 is 2.73 bits per heavy atom. The number of rotatable bonds is 6. The molecule has 7 nitrogen and oxygen atoms in total. The van der Waals surface area contributed by atoms with Crippen molar-refractivity contribution >= 4 is 27.3 Å². The van der Waals surface area contributed by atoms with Crippen LogP contribution in [0.1, 0.15) is 19.0 Å². The Hall–Kier alpha value is -2.35. The quantitative estimate of drug-likeness (QED) is 0.829. The van der Waals surface area contributed by atoms with Crippen molar-refractivity contribution < 1.29 is 13.2 Å². The molecule has 140 valence electrons. The molecule has 1 saturated heterocycles. The standard InChI is InChI=1S/C18H24N4O3S/c1-4-22(14-9-10-26(23,24)12-14)18-19-13(2)11-17(21-18)20-15-7-5-6-8-16(15)25-3/h5-8,11,14H,4,9-10,12H2,1-3H3,(H,19,20,21). The first-order valence-corrected chi connectivity index (χ1v) is 10.5. The fourth-order valence-corrected chi connectivity index (χ4v) is 4.95. The number of ether oxygens (including phenoxy) is 1. The van der Waals surface area contributed by atoms with Crippen LogP contribution in [0.5, 0.6) is 5.75 Å². The molecule has 1 aliphatic heterocycles. The first-order valence-electron chi connectivity index (χ1n) is 8.64. The molecule has 1 fully saturated rings. The molecule has 1 aliphatic rings. The molecule has 1 atom stereocenters. The summed E-state index contributed by atoms with van der Waals surface area (Å²) in [4.78, 5) is 11.1. The molecule has 0 amide bonds. The average molecular weight is 376 g/mol. The zero-order valence-electron chi connectivity index (χ0n) is 15.3. The van der Waals surface area contributed by atoms with Crippen LogP contribution >= 0.6 is 0 Å². The summed E-state index contributed by atoms with van der Waals surface area (Å²) in [6, 6.07) is 9.39. The molecule has 3 rings (SSSR count). The van der Waals surface area contributed by atoms with Gasteiger partial charge in [-0.15, -0.1) is 0 Å². The highest BCUT2D eigenvalue weighted by Crippen LogP contribution is 2.28. The lowest BCUT2D eigenvalue weighted by atomic mass is 10.2. The molecule has 26 heavy (non-hydrogen) atoms. The highest BCUT2D eigenvalue weighted by Gasteiger charge is 2.33. The van der Waals surface area contributed by atoms with E-state index in [1.54, 1.807) is 7.11 Å². The molecule has 0 radical (unpaired) electrons. The minimum absolute atomic E-state index is 0.0779. The van der Waals surface area contributed by atoms with Crippen LogP contribution < -0.4 is 15.0 Å². The number of hydrogen-bond donors (Lipinski definition) is 1. The van der Waals surface area contributed by atoms with E-state index in [-0.39, 0.29) is 17.5 Å². The molecule has 1 aromatic heterocycles. The van der Waals surface area contributed by atoms with Gasteiger partial charge >= 0.3 is 0 Å². The van der Waals surface area contributed by atoms with Gasteiger partial charge in [0, 0.05) is 24.3 Å². The largest absolute Gasteiger partial charge is 0.495 e. The number of nitrogens with one attached hydrogen (secondary N) is 1. The number of sulfone groups is 1. The Morgan fingerprint density at radius 1 is 1.31 bits per heavy atom. The van der Waals surface area contributed by atoms with Gasteiger partial charge in [-0.2, -0.15) is 4.98 Å².